The number of hydrogen-bond acceptors (Lipinski definition) is 2. The molecule has 0 heterocycles. The fourth-order valence-corrected chi connectivity index (χ4v) is 2.83. The quantitative estimate of drug-likeness (QED) is 0.766. The van der Waals surface area contributed by atoms with Crippen molar-refractivity contribution in [1.82, 2.24) is 4.90 Å². The smallest absolute Gasteiger partial charge is 0.240 e. The van der Waals surface area contributed by atoms with Crippen molar-refractivity contribution in [2.24, 2.45) is 5.41 Å². The number of anilines is 1. The second kappa shape index (κ2) is 7.30. The maximum absolute atomic E-state index is 13.2. The van der Waals surface area contributed by atoms with Gasteiger partial charge in [-0.25, -0.2) is 4.39 Å². The van der Waals surface area contributed by atoms with Crippen LogP contribution in [0.4, 0.5) is 10.1 Å². The molecule has 0 atom stereocenters. The Hall–Kier alpha value is -1.62. The molecule has 0 unspecified atom stereocenters. The molecule has 4 nitrogen and oxygen atoms in total. The lowest BCUT2D eigenvalue weighted by Gasteiger charge is -2.26. The monoisotopic (exact) mass is 340 g/mol. The van der Waals surface area contributed by atoms with E-state index in [2.05, 4.69) is 5.32 Å². The molecule has 0 saturated heterocycles. The van der Waals surface area contributed by atoms with Crippen LogP contribution < -0.4 is 5.32 Å². The molecule has 0 radical (unpaired) electrons. The third kappa shape index (κ3) is 3.83. The third-order valence-corrected chi connectivity index (χ3v) is 4.34. The zero-order valence-electron chi connectivity index (χ0n) is 13.5. The van der Waals surface area contributed by atoms with Crippen LogP contribution in [-0.4, -0.2) is 29.8 Å². The van der Waals surface area contributed by atoms with Crippen LogP contribution in [0, 0.1) is 11.2 Å². The van der Waals surface area contributed by atoms with E-state index in [0.29, 0.717) is 31.6 Å². The van der Waals surface area contributed by atoms with E-state index in [1.54, 1.807) is 4.90 Å². The number of benzene rings is 1. The van der Waals surface area contributed by atoms with Crippen molar-refractivity contribution in [2.45, 2.75) is 39.5 Å². The van der Waals surface area contributed by atoms with Crippen LogP contribution in [0.15, 0.2) is 18.2 Å². The minimum atomic E-state index is -0.967. The van der Waals surface area contributed by atoms with Gasteiger partial charge in [0.25, 0.3) is 0 Å². The molecule has 1 aliphatic rings. The van der Waals surface area contributed by atoms with Crippen molar-refractivity contribution in [3.8, 4) is 0 Å². The maximum atomic E-state index is 13.2. The standard InChI is InChI=1S/C17H22ClFN2O2/c1-3-9-21(10-4-2)16(23)17(7-8-17)15(22)20-12-5-6-14(19)13(18)11-12/h5-6,11H,3-4,7-10H2,1-2H3,(H,20,22). The van der Waals surface area contributed by atoms with E-state index in [9.17, 15) is 14.0 Å². The predicted molar refractivity (Wildman–Crippen MR) is 88.9 cm³/mol. The minimum Gasteiger partial charge on any atom is -0.342 e. The first kappa shape index (κ1) is 17.7. The highest BCUT2D eigenvalue weighted by molar-refractivity contribution is 6.31. The average molecular weight is 341 g/mol. The fraction of sp³-hybridized carbons (Fsp3) is 0.529. The van der Waals surface area contributed by atoms with Crippen LogP contribution in [0.3, 0.4) is 0 Å². The number of hydrogen-bond donors (Lipinski definition) is 1. The molecule has 1 aliphatic carbocycles. The largest absolute Gasteiger partial charge is 0.342 e. The second-order valence-corrected chi connectivity index (χ2v) is 6.36. The number of carbonyl (C=O) groups is 2. The van der Waals surface area contributed by atoms with Crippen LogP contribution in [0.5, 0.6) is 0 Å². The van der Waals surface area contributed by atoms with Crippen LogP contribution in [0.2, 0.25) is 5.02 Å². The van der Waals surface area contributed by atoms with Gasteiger partial charge in [0.1, 0.15) is 11.2 Å². The zero-order chi connectivity index (χ0) is 17.0. The maximum Gasteiger partial charge on any atom is 0.240 e. The van der Waals surface area contributed by atoms with Gasteiger partial charge in [0.15, 0.2) is 0 Å². The first-order chi connectivity index (χ1) is 10.9. The van der Waals surface area contributed by atoms with E-state index in [-0.39, 0.29) is 16.8 Å². The fourth-order valence-electron chi connectivity index (χ4n) is 2.65. The molecule has 2 rings (SSSR count). The second-order valence-electron chi connectivity index (χ2n) is 5.96. The van der Waals surface area contributed by atoms with Crippen LogP contribution in [0.25, 0.3) is 0 Å². The van der Waals surface area contributed by atoms with Crippen LogP contribution in [-0.2, 0) is 9.59 Å². The minimum absolute atomic E-state index is 0.0578. The molecule has 1 saturated carbocycles. The summed E-state index contributed by atoms with van der Waals surface area (Å²) in [7, 11) is 0. The highest BCUT2D eigenvalue weighted by Crippen LogP contribution is 2.48. The highest BCUT2D eigenvalue weighted by atomic mass is 35.5. The van der Waals surface area contributed by atoms with Gasteiger partial charge in [-0.2, -0.15) is 0 Å². The molecular weight excluding hydrogens is 319 g/mol. The molecule has 1 fully saturated rings. The molecule has 23 heavy (non-hydrogen) atoms. The molecule has 0 bridgehead atoms. The average Bonchev–Trinajstić information content (AvgIpc) is 3.32. The van der Waals surface area contributed by atoms with Gasteiger partial charge in [0.2, 0.25) is 11.8 Å². The molecule has 126 valence electrons. The molecule has 0 spiro atoms. The molecule has 2 amide bonds. The van der Waals surface area contributed by atoms with E-state index in [1.807, 2.05) is 13.8 Å². The Morgan fingerprint density at radius 3 is 2.35 bits per heavy atom. The SMILES string of the molecule is CCCN(CCC)C(=O)C1(C(=O)Nc2ccc(F)c(Cl)c2)CC1. The lowest BCUT2D eigenvalue weighted by Crippen LogP contribution is -2.43. The number of carbonyl (C=O) groups excluding carboxylic acids is 2. The summed E-state index contributed by atoms with van der Waals surface area (Å²) in [4.78, 5) is 27.1. The molecular formula is C17H22ClFN2O2. The summed E-state index contributed by atoms with van der Waals surface area (Å²) in [6.45, 7) is 5.33. The normalized spacial score (nSPS) is 15.1. The Labute approximate surface area is 141 Å². The zero-order valence-corrected chi connectivity index (χ0v) is 14.3. The Morgan fingerprint density at radius 1 is 1.26 bits per heavy atom. The van der Waals surface area contributed by atoms with Crippen molar-refractivity contribution in [3.05, 3.63) is 29.0 Å². The lowest BCUT2D eigenvalue weighted by molar-refractivity contribution is -0.142. The van der Waals surface area contributed by atoms with E-state index < -0.39 is 11.2 Å². The summed E-state index contributed by atoms with van der Waals surface area (Å²) in [6.07, 6.45) is 2.82. The van der Waals surface area contributed by atoms with Crippen molar-refractivity contribution in [3.63, 3.8) is 0 Å². The molecule has 1 aromatic rings. The van der Waals surface area contributed by atoms with Crippen LogP contribution in [0.1, 0.15) is 39.5 Å². The van der Waals surface area contributed by atoms with Crippen molar-refractivity contribution in [1.29, 1.82) is 0 Å². The lowest BCUT2D eigenvalue weighted by atomic mass is 10.0. The van der Waals surface area contributed by atoms with E-state index in [1.165, 1.54) is 18.2 Å². The number of rotatable bonds is 7. The molecule has 0 aromatic heterocycles. The van der Waals surface area contributed by atoms with Gasteiger partial charge in [0, 0.05) is 18.8 Å². The summed E-state index contributed by atoms with van der Waals surface area (Å²) < 4.78 is 13.2. The third-order valence-electron chi connectivity index (χ3n) is 4.05. The van der Waals surface area contributed by atoms with E-state index >= 15 is 0 Å². The first-order valence-corrected chi connectivity index (χ1v) is 8.38. The summed E-state index contributed by atoms with van der Waals surface area (Å²) in [5, 5.41) is 2.64. The van der Waals surface area contributed by atoms with Crippen molar-refractivity contribution in [2.75, 3.05) is 18.4 Å². The molecule has 6 heteroatoms. The summed E-state index contributed by atoms with van der Waals surface area (Å²) >= 11 is 5.72. The molecule has 1 aromatic carbocycles. The van der Waals surface area contributed by atoms with Crippen molar-refractivity contribution < 1.29 is 14.0 Å². The van der Waals surface area contributed by atoms with Gasteiger partial charge < -0.3 is 10.2 Å². The van der Waals surface area contributed by atoms with Gasteiger partial charge in [-0.15, -0.1) is 0 Å². The topological polar surface area (TPSA) is 49.4 Å². The summed E-state index contributed by atoms with van der Waals surface area (Å²) in [5.41, 5.74) is -0.566. The van der Waals surface area contributed by atoms with Crippen molar-refractivity contribution >= 4 is 29.1 Å². The Morgan fingerprint density at radius 2 is 1.87 bits per heavy atom. The van der Waals surface area contributed by atoms with Gasteiger partial charge in [-0.1, -0.05) is 25.4 Å². The van der Waals surface area contributed by atoms with E-state index in [0.717, 1.165) is 12.8 Å². The summed E-state index contributed by atoms with van der Waals surface area (Å²) in [5.74, 6) is -0.978. The predicted octanol–water partition coefficient (Wildman–Crippen LogP) is 3.85. The molecule has 1 N–H and O–H groups in total. The first-order valence-electron chi connectivity index (χ1n) is 8.00. The van der Waals surface area contributed by atoms with Gasteiger partial charge in [-0.3, -0.25) is 9.59 Å². The number of nitrogens with zero attached hydrogens (tertiary/aromatic N) is 1. The Bertz CT molecular complexity index is 596. The number of amides is 2. The Balaban J connectivity index is 2.10. The molecule has 0 aliphatic heterocycles. The number of nitrogens with one attached hydrogen (secondary N) is 1. The highest BCUT2D eigenvalue weighted by Gasteiger charge is 2.57. The van der Waals surface area contributed by atoms with Crippen LogP contribution >= 0.6 is 11.6 Å². The Kier molecular flexibility index (Phi) is 5.63. The van der Waals surface area contributed by atoms with Gasteiger partial charge in [-0.05, 0) is 43.9 Å². The number of halogens is 2. The van der Waals surface area contributed by atoms with Gasteiger partial charge in [0.05, 0.1) is 5.02 Å². The van der Waals surface area contributed by atoms with E-state index in [4.69, 9.17) is 11.6 Å². The summed E-state index contributed by atoms with van der Waals surface area (Å²) in [6, 6.07) is 3.99. The van der Waals surface area contributed by atoms with Gasteiger partial charge >= 0.3 is 0 Å².